The van der Waals surface area contributed by atoms with Gasteiger partial charge >= 0.3 is 0 Å². The number of hydrogen-bond donors (Lipinski definition) is 3. The van der Waals surface area contributed by atoms with Gasteiger partial charge in [0.25, 0.3) is 0 Å². The molecule has 1 unspecified atom stereocenters. The van der Waals surface area contributed by atoms with Gasteiger partial charge in [0.1, 0.15) is 0 Å². The molecule has 1 saturated carbocycles. The molecule has 0 spiro atoms. The third-order valence-electron chi connectivity index (χ3n) is 2.70. The van der Waals surface area contributed by atoms with Crippen LogP contribution < -0.4 is 10.6 Å². The van der Waals surface area contributed by atoms with Gasteiger partial charge in [0.05, 0.1) is 12.6 Å². The first-order valence-corrected chi connectivity index (χ1v) is 6.25. The number of carbonyl (C=O) groups excluding carboxylic acids is 1. The van der Waals surface area contributed by atoms with Gasteiger partial charge in [0, 0.05) is 19.0 Å². The summed E-state index contributed by atoms with van der Waals surface area (Å²) >= 11 is 0. The molecule has 94 valence electrons. The van der Waals surface area contributed by atoms with E-state index in [0.717, 1.165) is 13.0 Å². The summed E-state index contributed by atoms with van der Waals surface area (Å²) in [6.45, 7) is 4.95. The molecule has 0 aromatic carbocycles. The van der Waals surface area contributed by atoms with Gasteiger partial charge in [-0.1, -0.05) is 13.8 Å². The van der Waals surface area contributed by atoms with Crippen LogP contribution in [0.3, 0.4) is 0 Å². The van der Waals surface area contributed by atoms with Crippen LogP contribution >= 0.6 is 0 Å². The maximum Gasteiger partial charge on any atom is 0.221 e. The Morgan fingerprint density at radius 3 is 2.62 bits per heavy atom. The van der Waals surface area contributed by atoms with Gasteiger partial charge in [-0.3, -0.25) is 4.79 Å². The van der Waals surface area contributed by atoms with Gasteiger partial charge in [-0.2, -0.15) is 0 Å². The van der Waals surface area contributed by atoms with Crippen molar-refractivity contribution >= 4 is 5.91 Å². The number of carbonyl (C=O) groups is 1. The molecule has 0 heterocycles. The fourth-order valence-electron chi connectivity index (χ4n) is 1.73. The van der Waals surface area contributed by atoms with Crippen LogP contribution in [0.1, 0.15) is 39.5 Å². The Balaban J connectivity index is 2.09. The van der Waals surface area contributed by atoms with Crippen LogP contribution in [0.4, 0.5) is 0 Å². The first-order chi connectivity index (χ1) is 7.61. The lowest BCUT2D eigenvalue weighted by molar-refractivity contribution is -0.122. The van der Waals surface area contributed by atoms with E-state index in [-0.39, 0.29) is 18.6 Å². The Bertz CT molecular complexity index is 215. The fourth-order valence-corrected chi connectivity index (χ4v) is 1.73. The van der Waals surface area contributed by atoms with E-state index in [4.69, 9.17) is 5.11 Å². The monoisotopic (exact) mass is 228 g/mol. The standard InChI is InChI=1S/C12H24N2O2/c1-9(2)7-11(8-15)14-12(16)5-6-13-10-3-4-10/h9-11,13,15H,3-8H2,1-2H3,(H,14,16). The number of aliphatic hydroxyl groups is 1. The molecule has 3 N–H and O–H groups in total. The van der Waals surface area contributed by atoms with E-state index >= 15 is 0 Å². The lowest BCUT2D eigenvalue weighted by atomic mass is 10.0. The van der Waals surface area contributed by atoms with E-state index in [0.29, 0.717) is 18.4 Å². The summed E-state index contributed by atoms with van der Waals surface area (Å²) < 4.78 is 0. The highest BCUT2D eigenvalue weighted by Crippen LogP contribution is 2.18. The molecule has 0 radical (unpaired) electrons. The fraction of sp³-hybridized carbons (Fsp3) is 0.917. The molecule has 1 aliphatic carbocycles. The van der Waals surface area contributed by atoms with Gasteiger partial charge in [-0.15, -0.1) is 0 Å². The minimum absolute atomic E-state index is 0.0278. The van der Waals surface area contributed by atoms with Crippen molar-refractivity contribution < 1.29 is 9.90 Å². The quantitative estimate of drug-likeness (QED) is 0.572. The SMILES string of the molecule is CC(C)CC(CO)NC(=O)CCNC1CC1. The van der Waals surface area contributed by atoms with E-state index in [1.165, 1.54) is 12.8 Å². The van der Waals surface area contributed by atoms with Crippen LogP contribution in [0.5, 0.6) is 0 Å². The van der Waals surface area contributed by atoms with Gasteiger partial charge in [0.15, 0.2) is 0 Å². The Morgan fingerprint density at radius 1 is 1.44 bits per heavy atom. The second-order valence-corrected chi connectivity index (χ2v) is 5.05. The smallest absolute Gasteiger partial charge is 0.221 e. The van der Waals surface area contributed by atoms with Crippen molar-refractivity contribution in [1.29, 1.82) is 0 Å². The van der Waals surface area contributed by atoms with Crippen molar-refractivity contribution in [1.82, 2.24) is 10.6 Å². The molecule has 0 aromatic rings. The summed E-state index contributed by atoms with van der Waals surface area (Å²) in [7, 11) is 0. The molecule has 4 heteroatoms. The molecule has 1 aliphatic rings. The first-order valence-electron chi connectivity index (χ1n) is 6.25. The van der Waals surface area contributed by atoms with Crippen LogP contribution in [-0.4, -0.2) is 36.2 Å². The molecule has 0 aromatic heterocycles. The lowest BCUT2D eigenvalue weighted by Crippen LogP contribution is -2.39. The van der Waals surface area contributed by atoms with Gasteiger partial charge in [0.2, 0.25) is 5.91 Å². The topological polar surface area (TPSA) is 61.4 Å². The predicted octanol–water partition coefficient (Wildman–Crippen LogP) is 0.652. The minimum atomic E-state index is -0.0894. The molecule has 1 rings (SSSR count). The van der Waals surface area contributed by atoms with Gasteiger partial charge in [-0.25, -0.2) is 0 Å². The Morgan fingerprint density at radius 2 is 2.12 bits per heavy atom. The summed E-state index contributed by atoms with van der Waals surface area (Å²) in [4.78, 5) is 11.5. The number of hydrogen-bond acceptors (Lipinski definition) is 3. The average Bonchev–Trinajstić information content (AvgIpc) is 3.00. The molecule has 0 aliphatic heterocycles. The molecule has 1 atom stereocenters. The highest BCUT2D eigenvalue weighted by molar-refractivity contribution is 5.76. The first kappa shape index (κ1) is 13.5. The van der Waals surface area contributed by atoms with Crippen molar-refractivity contribution in [2.45, 2.75) is 51.6 Å². The summed E-state index contributed by atoms with van der Waals surface area (Å²) in [5, 5.41) is 15.3. The molecule has 16 heavy (non-hydrogen) atoms. The highest BCUT2D eigenvalue weighted by atomic mass is 16.3. The molecule has 0 saturated heterocycles. The molecule has 1 amide bonds. The van der Waals surface area contributed by atoms with E-state index in [1.807, 2.05) is 0 Å². The van der Waals surface area contributed by atoms with Crippen LogP contribution in [0.25, 0.3) is 0 Å². The van der Waals surface area contributed by atoms with E-state index in [9.17, 15) is 4.79 Å². The highest BCUT2D eigenvalue weighted by Gasteiger charge is 2.20. The van der Waals surface area contributed by atoms with E-state index in [2.05, 4.69) is 24.5 Å². The van der Waals surface area contributed by atoms with Crippen LogP contribution in [0.15, 0.2) is 0 Å². The third-order valence-corrected chi connectivity index (χ3v) is 2.70. The Labute approximate surface area is 97.8 Å². The zero-order chi connectivity index (χ0) is 12.0. The normalized spacial score (nSPS) is 17.5. The molecule has 0 bridgehead atoms. The van der Waals surface area contributed by atoms with Gasteiger partial charge in [-0.05, 0) is 25.2 Å². The third kappa shape index (κ3) is 6.08. The maximum atomic E-state index is 11.5. The number of aliphatic hydroxyl groups excluding tert-OH is 1. The zero-order valence-electron chi connectivity index (χ0n) is 10.3. The lowest BCUT2D eigenvalue weighted by Gasteiger charge is -2.18. The minimum Gasteiger partial charge on any atom is -0.394 e. The number of nitrogens with one attached hydrogen (secondary N) is 2. The summed E-state index contributed by atoms with van der Waals surface area (Å²) in [6.07, 6.45) is 3.83. The summed E-state index contributed by atoms with van der Waals surface area (Å²) in [5.74, 6) is 0.523. The maximum absolute atomic E-state index is 11.5. The van der Waals surface area contributed by atoms with E-state index < -0.39 is 0 Å². The molecule has 4 nitrogen and oxygen atoms in total. The molecule has 1 fully saturated rings. The average molecular weight is 228 g/mol. The van der Waals surface area contributed by atoms with Crippen molar-refractivity contribution in [2.75, 3.05) is 13.2 Å². The van der Waals surface area contributed by atoms with Crippen molar-refractivity contribution in [3.63, 3.8) is 0 Å². The van der Waals surface area contributed by atoms with E-state index in [1.54, 1.807) is 0 Å². The van der Waals surface area contributed by atoms with Crippen molar-refractivity contribution in [2.24, 2.45) is 5.92 Å². The Kier molecular flexibility index (Phi) is 5.77. The van der Waals surface area contributed by atoms with Crippen LogP contribution in [0.2, 0.25) is 0 Å². The molecular weight excluding hydrogens is 204 g/mol. The summed E-state index contributed by atoms with van der Waals surface area (Å²) in [6, 6.07) is 0.561. The predicted molar refractivity (Wildman–Crippen MR) is 64.1 cm³/mol. The van der Waals surface area contributed by atoms with Crippen LogP contribution in [0, 0.1) is 5.92 Å². The van der Waals surface area contributed by atoms with Crippen molar-refractivity contribution in [3.05, 3.63) is 0 Å². The number of amides is 1. The number of rotatable bonds is 8. The Hall–Kier alpha value is -0.610. The second kappa shape index (κ2) is 6.86. The van der Waals surface area contributed by atoms with Crippen molar-refractivity contribution in [3.8, 4) is 0 Å². The largest absolute Gasteiger partial charge is 0.394 e. The second-order valence-electron chi connectivity index (χ2n) is 5.05. The van der Waals surface area contributed by atoms with Crippen LogP contribution in [-0.2, 0) is 4.79 Å². The van der Waals surface area contributed by atoms with Gasteiger partial charge < -0.3 is 15.7 Å². The zero-order valence-corrected chi connectivity index (χ0v) is 10.3. The summed E-state index contributed by atoms with van der Waals surface area (Å²) in [5.41, 5.74) is 0. The molecular formula is C12H24N2O2.